The fraction of sp³-hybridized carbons (Fsp3) is 0.500. The molecule has 0 fully saturated rings. The van der Waals surface area contributed by atoms with E-state index < -0.39 is 11.9 Å². The maximum absolute atomic E-state index is 11.9. The van der Waals surface area contributed by atoms with E-state index in [-0.39, 0.29) is 21.0 Å². The number of hydrogen-bond acceptors (Lipinski definition) is 4. The number of ether oxygens (including phenoxy) is 2. The van der Waals surface area contributed by atoms with E-state index in [4.69, 9.17) is 9.47 Å². The summed E-state index contributed by atoms with van der Waals surface area (Å²) in [6, 6.07) is 6.59. The highest BCUT2D eigenvalue weighted by molar-refractivity contribution is 6.92. The Hall–Kier alpha value is -1.41. The molecule has 1 aromatic rings. The molecular formula is C16H25O4P. The third-order valence-corrected chi connectivity index (χ3v) is 2.83. The van der Waals surface area contributed by atoms with Crippen LogP contribution in [-0.2, 0) is 9.47 Å². The predicted octanol–water partition coefficient (Wildman–Crippen LogP) is 3.66. The third kappa shape index (κ3) is 6.72. The highest BCUT2D eigenvalue weighted by Crippen LogP contribution is 2.12. The number of hydrogen-bond donors (Lipinski definition) is 0. The Bertz CT molecular complexity index is 405. The van der Waals surface area contributed by atoms with Gasteiger partial charge in [0.15, 0.2) is 0 Å². The number of unbranched alkanes of at least 4 members (excludes halogenated alkanes) is 2. The van der Waals surface area contributed by atoms with Gasteiger partial charge in [-0.3, -0.25) is 0 Å². The lowest BCUT2D eigenvalue weighted by Crippen LogP contribution is -2.14. The largest absolute Gasteiger partial charge is 0.462 e. The Morgan fingerprint density at radius 1 is 0.857 bits per heavy atom. The van der Waals surface area contributed by atoms with E-state index in [0.29, 0.717) is 13.2 Å². The van der Waals surface area contributed by atoms with Crippen molar-refractivity contribution < 1.29 is 19.1 Å². The van der Waals surface area contributed by atoms with Crippen molar-refractivity contribution in [1.29, 1.82) is 0 Å². The lowest BCUT2D eigenvalue weighted by molar-refractivity contribution is 0.0452. The normalized spacial score (nSPS) is 9.62. The molecule has 0 aliphatic carbocycles. The van der Waals surface area contributed by atoms with Crippen molar-refractivity contribution >= 4 is 21.8 Å². The summed E-state index contributed by atoms with van der Waals surface area (Å²) in [5.41, 5.74) is 0.537. The molecule has 0 bridgehead atoms. The van der Waals surface area contributed by atoms with Crippen molar-refractivity contribution in [2.45, 2.75) is 39.5 Å². The molecule has 118 valence electrons. The summed E-state index contributed by atoms with van der Waals surface area (Å²) in [6.45, 7) is 4.78. The Morgan fingerprint density at radius 2 is 1.24 bits per heavy atom. The summed E-state index contributed by atoms with van der Waals surface area (Å²) in [7, 11) is 0. The van der Waals surface area contributed by atoms with Gasteiger partial charge in [-0.25, -0.2) is 9.59 Å². The van der Waals surface area contributed by atoms with Crippen LogP contribution in [0.4, 0.5) is 0 Å². The molecule has 1 aromatic carbocycles. The molecule has 1 atom stereocenters. The van der Waals surface area contributed by atoms with Gasteiger partial charge in [-0.2, -0.15) is 9.90 Å². The first kappa shape index (κ1) is 19.6. The SMILES string of the molecule is CCCCOC(=O)c1ccccc1C(=O)OCCCC.P. The van der Waals surface area contributed by atoms with Crippen LogP contribution < -0.4 is 0 Å². The molecule has 1 unspecified atom stereocenters. The maximum Gasteiger partial charge on any atom is 0.339 e. The zero-order valence-corrected chi connectivity index (χ0v) is 14.3. The average molecular weight is 312 g/mol. The van der Waals surface area contributed by atoms with Gasteiger partial charge in [-0.15, -0.1) is 0 Å². The zero-order valence-electron chi connectivity index (χ0n) is 12.9. The topological polar surface area (TPSA) is 52.6 Å². The van der Waals surface area contributed by atoms with Crippen LogP contribution in [0.25, 0.3) is 0 Å². The van der Waals surface area contributed by atoms with Crippen LogP contribution in [0.2, 0.25) is 0 Å². The maximum atomic E-state index is 11.9. The van der Waals surface area contributed by atoms with E-state index >= 15 is 0 Å². The van der Waals surface area contributed by atoms with Crippen LogP contribution in [0.5, 0.6) is 0 Å². The summed E-state index contributed by atoms with van der Waals surface area (Å²) in [5, 5.41) is 0. The van der Waals surface area contributed by atoms with Crippen LogP contribution in [0, 0.1) is 0 Å². The zero-order chi connectivity index (χ0) is 14.8. The minimum atomic E-state index is -0.471. The molecular weight excluding hydrogens is 287 g/mol. The molecule has 0 N–H and O–H groups in total. The quantitative estimate of drug-likeness (QED) is 0.417. The molecule has 0 saturated carbocycles. The van der Waals surface area contributed by atoms with Crippen LogP contribution in [0.15, 0.2) is 24.3 Å². The number of carbonyl (C=O) groups is 2. The van der Waals surface area contributed by atoms with E-state index in [9.17, 15) is 9.59 Å². The van der Waals surface area contributed by atoms with E-state index in [1.54, 1.807) is 24.3 Å². The molecule has 5 heteroatoms. The van der Waals surface area contributed by atoms with Gasteiger partial charge in [0.25, 0.3) is 0 Å². The van der Waals surface area contributed by atoms with E-state index in [2.05, 4.69) is 0 Å². The lowest BCUT2D eigenvalue weighted by atomic mass is 10.1. The molecule has 0 amide bonds. The van der Waals surface area contributed by atoms with E-state index in [1.165, 1.54) is 0 Å². The predicted molar refractivity (Wildman–Crippen MR) is 87.9 cm³/mol. The Morgan fingerprint density at radius 3 is 1.57 bits per heavy atom. The Labute approximate surface area is 129 Å². The second-order valence-corrected chi connectivity index (χ2v) is 4.52. The minimum absolute atomic E-state index is 0. The summed E-state index contributed by atoms with van der Waals surface area (Å²) < 4.78 is 10.3. The van der Waals surface area contributed by atoms with Gasteiger partial charge in [0.1, 0.15) is 0 Å². The first-order valence-corrected chi connectivity index (χ1v) is 7.14. The molecule has 0 radical (unpaired) electrons. The lowest BCUT2D eigenvalue weighted by Gasteiger charge is -2.09. The van der Waals surface area contributed by atoms with Crippen LogP contribution in [0.3, 0.4) is 0 Å². The smallest absolute Gasteiger partial charge is 0.339 e. The van der Waals surface area contributed by atoms with E-state index in [0.717, 1.165) is 25.7 Å². The van der Waals surface area contributed by atoms with Crippen molar-refractivity contribution in [1.82, 2.24) is 0 Å². The summed E-state index contributed by atoms with van der Waals surface area (Å²) in [6.07, 6.45) is 3.53. The molecule has 0 aliphatic rings. The number of esters is 2. The summed E-state index contributed by atoms with van der Waals surface area (Å²) in [5.74, 6) is -0.942. The average Bonchev–Trinajstić information content (AvgIpc) is 2.47. The summed E-state index contributed by atoms with van der Waals surface area (Å²) >= 11 is 0. The van der Waals surface area contributed by atoms with Gasteiger partial charge in [-0.05, 0) is 25.0 Å². The van der Waals surface area contributed by atoms with Gasteiger partial charge in [0.2, 0.25) is 0 Å². The first-order chi connectivity index (χ1) is 9.70. The number of carbonyl (C=O) groups excluding carboxylic acids is 2. The number of rotatable bonds is 8. The minimum Gasteiger partial charge on any atom is -0.462 e. The molecule has 0 saturated heterocycles. The molecule has 0 heterocycles. The Balaban J connectivity index is 0.00000400. The molecule has 4 nitrogen and oxygen atoms in total. The first-order valence-electron chi connectivity index (χ1n) is 7.14. The number of benzene rings is 1. The molecule has 1 rings (SSSR count). The molecule has 0 aliphatic heterocycles. The van der Waals surface area contributed by atoms with Crippen molar-refractivity contribution in [3.05, 3.63) is 35.4 Å². The standard InChI is InChI=1S/C16H22O4.H3P/c1-3-5-11-19-15(17)13-9-7-8-10-14(13)16(18)20-12-6-4-2;/h7-10H,3-6,11-12H2,1-2H3;1H3. The van der Waals surface area contributed by atoms with Gasteiger partial charge in [0.05, 0.1) is 24.3 Å². The van der Waals surface area contributed by atoms with Crippen molar-refractivity contribution in [3.8, 4) is 0 Å². The highest BCUT2D eigenvalue weighted by Gasteiger charge is 2.18. The molecule has 21 heavy (non-hydrogen) atoms. The van der Waals surface area contributed by atoms with Gasteiger partial charge >= 0.3 is 11.9 Å². The summed E-state index contributed by atoms with van der Waals surface area (Å²) in [4.78, 5) is 23.9. The van der Waals surface area contributed by atoms with Gasteiger partial charge in [0, 0.05) is 0 Å². The van der Waals surface area contributed by atoms with E-state index in [1.807, 2.05) is 13.8 Å². The second-order valence-electron chi connectivity index (χ2n) is 4.52. The van der Waals surface area contributed by atoms with Crippen LogP contribution in [-0.4, -0.2) is 25.2 Å². The van der Waals surface area contributed by atoms with Crippen molar-refractivity contribution in [2.75, 3.05) is 13.2 Å². The second kappa shape index (κ2) is 11.3. The van der Waals surface area contributed by atoms with Crippen molar-refractivity contribution in [2.24, 2.45) is 0 Å². The highest BCUT2D eigenvalue weighted by atomic mass is 31.0. The van der Waals surface area contributed by atoms with Crippen LogP contribution in [0.1, 0.15) is 60.2 Å². The monoisotopic (exact) mass is 312 g/mol. The molecule has 0 aromatic heterocycles. The fourth-order valence-corrected chi connectivity index (χ4v) is 1.61. The molecule has 0 spiro atoms. The van der Waals surface area contributed by atoms with Crippen molar-refractivity contribution in [3.63, 3.8) is 0 Å². The van der Waals surface area contributed by atoms with Gasteiger partial charge < -0.3 is 9.47 Å². The Kier molecular flexibility index (Phi) is 10.5. The van der Waals surface area contributed by atoms with Gasteiger partial charge in [-0.1, -0.05) is 38.8 Å². The third-order valence-electron chi connectivity index (χ3n) is 2.83. The van der Waals surface area contributed by atoms with Crippen LogP contribution >= 0.6 is 9.90 Å². The fourth-order valence-electron chi connectivity index (χ4n) is 1.61.